The summed E-state index contributed by atoms with van der Waals surface area (Å²) in [4.78, 5) is 0. The molecule has 1 fully saturated rings. The van der Waals surface area contributed by atoms with Crippen LogP contribution in [-0.4, -0.2) is 16.4 Å². The van der Waals surface area contributed by atoms with Gasteiger partial charge < -0.3 is 4.74 Å². The molecule has 2 aromatic rings. The Kier molecular flexibility index (Phi) is 2.18. The quantitative estimate of drug-likeness (QED) is 0.711. The Hall–Kier alpha value is -1.35. The van der Waals surface area contributed by atoms with Crippen LogP contribution in [0.2, 0.25) is 0 Å². The van der Waals surface area contributed by atoms with Crippen LogP contribution in [0.1, 0.15) is 25.5 Å². The average Bonchev–Trinajstić information content (AvgIpc) is 2.74. The lowest BCUT2D eigenvalue weighted by atomic mass is 10.2. The minimum Gasteiger partial charge on any atom is -0.357 e. The Bertz CT molecular complexity index is 424. The van der Waals surface area contributed by atoms with Crippen LogP contribution in [0.4, 0.5) is 0 Å². The SMILES string of the molecule is c1ccc2nn(C3CCCCO3)cc2c1. The molecule has 0 N–H and O–H groups in total. The first kappa shape index (κ1) is 8.92. The number of rotatable bonds is 1. The van der Waals surface area contributed by atoms with E-state index in [1.165, 1.54) is 18.2 Å². The van der Waals surface area contributed by atoms with Gasteiger partial charge in [0.1, 0.15) is 6.23 Å². The standard InChI is InChI=1S/C12H14N2O/c1-2-6-11-10(5-1)9-14(13-11)12-7-3-4-8-15-12/h1-2,5-6,9,12H,3-4,7-8H2. The predicted molar refractivity (Wildman–Crippen MR) is 58.6 cm³/mol. The highest BCUT2D eigenvalue weighted by Gasteiger charge is 2.16. The molecule has 1 saturated heterocycles. The van der Waals surface area contributed by atoms with E-state index in [0.717, 1.165) is 18.5 Å². The first-order valence-electron chi connectivity index (χ1n) is 5.49. The Morgan fingerprint density at radius 2 is 2.20 bits per heavy atom. The van der Waals surface area contributed by atoms with E-state index in [0.29, 0.717) is 0 Å². The summed E-state index contributed by atoms with van der Waals surface area (Å²) in [6.45, 7) is 0.862. The van der Waals surface area contributed by atoms with Crippen molar-refractivity contribution in [2.75, 3.05) is 6.61 Å². The molecule has 3 heteroatoms. The fraction of sp³-hybridized carbons (Fsp3) is 0.417. The maximum atomic E-state index is 5.69. The summed E-state index contributed by atoms with van der Waals surface area (Å²) in [5.41, 5.74) is 1.05. The highest BCUT2D eigenvalue weighted by Crippen LogP contribution is 2.23. The Morgan fingerprint density at radius 3 is 3.00 bits per heavy atom. The third kappa shape index (κ3) is 1.63. The van der Waals surface area contributed by atoms with Crippen LogP contribution in [0.3, 0.4) is 0 Å². The summed E-state index contributed by atoms with van der Waals surface area (Å²) in [6.07, 6.45) is 5.71. The molecule has 1 aromatic heterocycles. The summed E-state index contributed by atoms with van der Waals surface area (Å²) in [5, 5.41) is 5.71. The molecule has 0 aliphatic carbocycles. The lowest BCUT2D eigenvalue weighted by Crippen LogP contribution is -2.18. The van der Waals surface area contributed by atoms with Gasteiger partial charge in [-0.2, -0.15) is 5.10 Å². The van der Waals surface area contributed by atoms with Gasteiger partial charge >= 0.3 is 0 Å². The molecule has 0 spiro atoms. The van der Waals surface area contributed by atoms with E-state index in [9.17, 15) is 0 Å². The van der Waals surface area contributed by atoms with E-state index < -0.39 is 0 Å². The van der Waals surface area contributed by atoms with Crippen molar-refractivity contribution in [1.82, 2.24) is 9.78 Å². The van der Waals surface area contributed by atoms with Gasteiger partial charge in [0.25, 0.3) is 0 Å². The molecule has 1 aromatic carbocycles. The third-order valence-corrected chi connectivity index (χ3v) is 2.88. The highest BCUT2D eigenvalue weighted by molar-refractivity contribution is 5.77. The number of nitrogens with zero attached hydrogens (tertiary/aromatic N) is 2. The number of aromatic nitrogens is 2. The van der Waals surface area contributed by atoms with Gasteiger partial charge in [-0.15, -0.1) is 0 Å². The van der Waals surface area contributed by atoms with Crippen LogP contribution in [0, 0.1) is 0 Å². The van der Waals surface area contributed by atoms with Crippen molar-refractivity contribution >= 4 is 10.9 Å². The molecule has 3 nitrogen and oxygen atoms in total. The molecule has 0 radical (unpaired) electrons. The lowest BCUT2D eigenvalue weighted by molar-refractivity contribution is -0.0390. The van der Waals surface area contributed by atoms with E-state index >= 15 is 0 Å². The third-order valence-electron chi connectivity index (χ3n) is 2.88. The van der Waals surface area contributed by atoms with Gasteiger partial charge in [0.15, 0.2) is 0 Å². The summed E-state index contributed by atoms with van der Waals surface area (Å²) in [7, 11) is 0. The Morgan fingerprint density at radius 1 is 1.27 bits per heavy atom. The van der Waals surface area contributed by atoms with Gasteiger partial charge in [-0.25, -0.2) is 4.68 Å². The minimum absolute atomic E-state index is 0.145. The monoisotopic (exact) mass is 202 g/mol. The van der Waals surface area contributed by atoms with Gasteiger partial charge in [-0.1, -0.05) is 18.2 Å². The van der Waals surface area contributed by atoms with Crippen molar-refractivity contribution in [3.05, 3.63) is 30.5 Å². The van der Waals surface area contributed by atoms with Gasteiger partial charge in [0.2, 0.25) is 0 Å². The van der Waals surface area contributed by atoms with Crippen LogP contribution in [0.25, 0.3) is 10.9 Å². The zero-order valence-electron chi connectivity index (χ0n) is 8.60. The lowest BCUT2D eigenvalue weighted by Gasteiger charge is -2.22. The highest BCUT2D eigenvalue weighted by atomic mass is 16.5. The average molecular weight is 202 g/mol. The smallest absolute Gasteiger partial charge is 0.150 e. The predicted octanol–water partition coefficient (Wildman–Crippen LogP) is 2.74. The van der Waals surface area contributed by atoms with Crippen LogP contribution < -0.4 is 0 Å². The summed E-state index contributed by atoms with van der Waals surface area (Å²) >= 11 is 0. The van der Waals surface area contributed by atoms with E-state index in [-0.39, 0.29) is 6.23 Å². The Labute approximate surface area is 88.7 Å². The second-order valence-electron chi connectivity index (χ2n) is 3.99. The minimum atomic E-state index is 0.145. The number of hydrogen-bond donors (Lipinski definition) is 0. The normalized spacial score (nSPS) is 22.0. The maximum Gasteiger partial charge on any atom is 0.150 e. The fourth-order valence-corrected chi connectivity index (χ4v) is 2.06. The van der Waals surface area contributed by atoms with E-state index in [1.807, 2.05) is 22.9 Å². The van der Waals surface area contributed by atoms with Gasteiger partial charge in [-0.05, 0) is 25.3 Å². The molecule has 1 unspecified atom stereocenters. The van der Waals surface area contributed by atoms with Crippen LogP contribution >= 0.6 is 0 Å². The second-order valence-corrected chi connectivity index (χ2v) is 3.99. The maximum absolute atomic E-state index is 5.69. The molecular formula is C12H14N2O. The molecule has 1 aliphatic rings. The summed E-state index contributed by atoms with van der Waals surface area (Å²) < 4.78 is 7.66. The van der Waals surface area contributed by atoms with Crippen molar-refractivity contribution in [2.45, 2.75) is 25.5 Å². The van der Waals surface area contributed by atoms with Crippen molar-refractivity contribution in [3.8, 4) is 0 Å². The number of ether oxygens (including phenoxy) is 1. The number of hydrogen-bond acceptors (Lipinski definition) is 2. The molecule has 15 heavy (non-hydrogen) atoms. The van der Waals surface area contributed by atoms with E-state index in [1.54, 1.807) is 0 Å². The number of benzene rings is 1. The van der Waals surface area contributed by atoms with E-state index in [4.69, 9.17) is 4.74 Å². The summed E-state index contributed by atoms with van der Waals surface area (Å²) in [5.74, 6) is 0. The van der Waals surface area contributed by atoms with E-state index in [2.05, 4.69) is 17.4 Å². The van der Waals surface area contributed by atoms with Gasteiger partial charge in [-0.3, -0.25) is 0 Å². The molecular weight excluding hydrogens is 188 g/mol. The van der Waals surface area contributed by atoms with Crippen molar-refractivity contribution in [2.24, 2.45) is 0 Å². The second kappa shape index (κ2) is 3.66. The first-order valence-corrected chi connectivity index (χ1v) is 5.49. The fourth-order valence-electron chi connectivity index (χ4n) is 2.06. The first-order chi connectivity index (χ1) is 7.43. The van der Waals surface area contributed by atoms with Crippen LogP contribution in [0.5, 0.6) is 0 Å². The van der Waals surface area contributed by atoms with Crippen molar-refractivity contribution in [1.29, 1.82) is 0 Å². The molecule has 78 valence electrons. The van der Waals surface area contributed by atoms with Crippen molar-refractivity contribution < 1.29 is 4.74 Å². The Balaban J connectivity index is 1.96. The van der Waals surface area contributed by atoms with Crippen LogP contribution in [0.15, 0.2) is 30.5 Å². The summed E-state index contributed by atoms with van der Waals surface area (Å²) in [6, 6.07) is 8.17. The molecule has 0 saturated carbocycles. The molecule has 1 atom stereocenters. The molecule has 0 amide bonds. The molecule has 3 rings (SSSR count). The van der Waals surface area contributed by atoms with Crippen molar-refractivity contribution in [3.63, 3.8) is 0 Å². The zero-order chi connectivity index (χ0) is 10.1. The largest absolute Gasteiger partial charge is 0.357 e. The number of fused-ring (bicyclic) bond motifs is 1. The van der Waals surface area contributed by atoms with Gasteiger partial charge in [0, 0.05) is 18.2 Å². The van der Waals surface area contributed by atoms with Gasteiger partial charge in [0.05, 0.1) is 5.52 Å². The molecule has 2 heterocycles. The van der Waals surface area contributed by atoms with Crippen LogP contribution in [-0.2, 0) is 4.74 Å². The zero-order valence-corrected chi connectivity index (χ0v) is 8.60. The molecule has 1 aliphatic heterocycles. The topological polar surface area (TPSA) is 27.1 Å². The molecule has 0 bridgehead atoms.